The van der Waals surface area contributed by atoms with Crippen molar-refractivity contribution in [2.45, 2.75) is 42.7 Å². The number of aromatic nitrogens is 2. The summed E-state index contributed by atoms with van der Waals surface area (Å²) >= 11 is 0. The Morgan fingerprint density at radius 1 is 1.04 bits per heavy atom. The molecule has 146 valence electrons. The second-order valence-electron chi connectivity index (χ2n) is 6.26. The molecule has 2 aromatic rings. The highest BCUT2D eigenvalue weighted by Crippen LogP contribution is 2.30. The van der Waals surface area contributed by atoms with Crippen molar-refractivity contribution < 1.29 is 22.6 Å². The molecule has 1 heterocycles. The highest BCUT2D eigenvalue weighted by atomic mass is 32.2. The van der Waals surface area contributed by atoms with Gasteiger partial charge in [-0.2, -0.15) is 0 Å². The molecule has 8 nitrogen and oxygen atoms in total. The van der Waals surface area contributed by atoms with E-state index in [1.807, 2.05) is 0 Å². The molecule has 1 aromatic carbocycles. The number of hydrogen-bond acceptors (Lipinski definition) is 7. The van der Waals surface area contributed by atoms with E-state index in [1.165, 1.54) is 20.3 Å². The molecule has 1 aromatic heterocycles. The van der Waals surface area contributed by atoms with Crippen LogP contribution in [0.5, 0.6) is 17.5 Å². The lowest BCUT2D eigenvalue weighted by atomic mass is 9.94. The molecule has 1 aliphatic rings. The Balaban J connectivity index is 1.61. The van der Waals surface area contributed by atoms with Gasteiger partial charge in [0, 0.05) is 24.5 Å². The van der Waals surface area contributed by atoms with Crippen LogP contribution in [0.25, 0.3) is 0 Å². The molecule has 9 heteroatoms. The van der Waals surface area contributed by atoms with Crippen LogP contribution in [0.1, 0.15) is 25.7 Å². The Morgan fingerprint density at radius 3 is 2.37 bits per heavy atom. The first-order valence-electron chi connectivity index (χ1n) is 8.70. The third-order valence-corrected chi connectivity index (χ3v) is 6.03. The van der Waals surface area contributed by atoms with Crippen LogP contribution in [-0.4, -0.2) is 44.8 Å². The van der Waals surface area contributed by atoms with Crippen molar-refractivity contribution in [1.82, 2.24) is 14.7 Å². The number of methoxy groups -OCH3 is 2. The van der Waals surface area contributed by atoms with Gasteiger partial charge in [-0.3, -0.25) is 0 Å². The van der Waals surface area contributed by atoms with Gasteiger partial charge in [0.1, 0.15) is 22.5 Å². The summed E-state index contributed by atoms with van der Waals surface area (Å²) in [6.07, 6.45) is 6.05. The predicted octanol–water partition coefficient (Wildman–Crippen LogP) is 2.16. The van der Waals surface area contributed by atoms with Crippen LogP contribution in [0.2, 0.25) is 0 Å². The number of ether oxygens (including phenoxy) is 3. The van der Waals surface area contributed by atoms with Gasteiger partial charge < -0.3 is 14.2 Å². The van der Waals surface area contributed by atoms with E-state index in [0.29, 0.717) is 24.6 Å². The maximum atomic E-state index is 12.8. The zero-order valence-electron chi connectivity index (χ0n) is 15.3. The third-order valence-electron chi connectivity index (χ3n) is 4.47. The van der Waals surface area contributed by atoms with Gasteiger partial charge in [0.2, 0.25) is 10.0 Å². The van der Waals surface area contributed by atoms with Crippen LogP contribution in [0.4, 0.5) is 0 Å². The summed E-state index contributed by atoms with van der Waals surface area (Å²) in [4.78, 5) is 8.21. The van der Waals surface area contributed by atoms with E-state index >= 15 is 0 Å². The van der Waals surface area contributed by atoms with Gasteiger partial charge in [-0.1, -0.05) is 0 Å². The SMILES string of the molecule is COc1ccc(S(=O)(=O)NC2CCC(Oc3ncccn3)CC2)c(OC)c1. The first-order valence-corrected chi connectivity index (χ1v) is 10.2. The van der Waals surface area contributed by atoms with Gasteiger partial charge >= 0.3 is 6.01 Å². The van der Waals surface area contributed by atoms with Crippen LogP contribution >= 0.6 is 0 Å². The number of sulfonamides is 1. The molecule has 0 spiro atoms. The lowest BCUT2D eigenvalue weighted by Crippen LogP contribution is -2.39. The van der Waals surface area contributed by atoms with E-state index in [9.17, 15) is 8.42 Å². The predicted molar refractivity (Wildman–Crippen MR) is 98.6 cm³/mol. The van der Waals surface area contributed by atoms with Crippen molar-refractivity contribution in [3.63, 3.8) is 0 Å². The summed E-state index contributed by atoms with van der Waals surface area (Å²) < 4.78 is 44.4. The molecule has 0 bridgehead atoms. The fourth-order valence-electron chi connectivity index (χ4n) is 3.07. The molecule has 0 amide bonds. The average Bonchev–Trinajstić information content (AvgIpc) is 2.69. The molecule has 0 aliphatic heterocycles. The Kier molecular flexibility index (Phi) is 6.12. The molecule has 0 saturated heterocycles. The summed E-state index contributed by atoms with van der Waals surface area (Å²) in [5.74, 6) is 0.784. The molecule has 27 heavy (non-hydrogen) atoms. The molecule has 3 rings (SSSR count). The molecule has 1 fully saturated rings. The zero-order chi connectivity index (χ0) is 19.3. The number of nitrogens with zero attached hydrogens (tertiary/aromatic N) is 2. The van der Waals surface area contributed by atoms with E-state index < -0.39 is 10.0 Å². The van der Waals surface area contributed by atoms with Crippen molar-refractivity contribution in [3.8, 4) is 17.5 Å². The van der Waals surface area contributed by atoms with Crippen molar-refractivity contribution in [3.05, 3.63) is 36.7 Å². The standard InChI is InChI=1S/C18H23N3O5S/c1-24-15-8-9-17(16(12-15)25-2)27(22,23)21-13-4-6-14(7-5-13)26-18-19-10-3-11-20-18/h3,8-14,21H,4-7H2,1-2H3. The van der Waals surface area contributed by atoms with E-state index in [1.54, 1.807) is 30.6 Å². The van der Waals surface area contributed by atoms with Gasteiger partial charge in [0.05, 0.1) is 14.2 Å². The minimum absolute atomic E-state index is 0.0105. The fourth-order valence-corrected chi connectivity index (χ4v) is 4.53. The molecular weight excluding hydrogens is 370 g/mol. The number of benzene rings is 1. The maximum absolute atomic E-state index is 12.8. The van der Waals surface area contributed by atoms with Gasteiger partial charge in [-0.25, -0.2) is 23.1 Å². The largest absolute Gasteiger partial charge is 0.497 e. The van der Waals surface area contributed by atoms with Crippen molar-refractivity contribution in [2.24, 2.45) is 0 Å². The van der Waals surface area contributed by atoms with E-state index in [0.717, 1.165) is 12.8 Å². The van der Waals surface area contributed by atoms with Crippen molar-refractivity contribution in [1.29, 1.82) is 0 Å². The molecule has 1 saturated carbocycles. The summed E-state index contributed by atoms with van der Waals surface area (Å²) in [7, 11) is -0.751. The van der Waals surface area contributed by atoms with Crippen LogP contribution < -0.4 is 18.9 Å². The molecule has 0 unspecified atom stereocenters. The molecule has 0 radical (unpaired) electrons. The van der Waals surface area contributed by atoms with E-state index in [4.69, 9.17) is 14.2 Å². The number of rotatable bonds is 7. The smallest absolute Gasteiger partial charge is 0.316 e. The monoisotopic (exact) mass is 393 g/mol. The second-order valence-corrected chi connectivity index (χ2v) is 7.94. The van der Waals surface area contributed by atoms with Crippen LogP contribution in [0, 0.1) is 0 Å². The third kappa shape index (κ3) is 4.86. The number of nitrogens with one attached hydrogen (secondary N) is 1. The second kappa shape index (κ2) is 8.53. The van der Waals surface area contributed by atoms with Gasteiger partial charge in [0.25, 0.3) is 0 Å². The Morgan fingerprint density at radius 2 is 1.74 bits per heavy atom. The molecular formula is C18H23N3O5S. The molecule has 1 N–H and O–H groups in total. The molecule has 0 atom stereocenters. The normalized spacial score (nSPS) is 20.1. The first kappa shape index (κ1) is 19.4. The van der Waals surface area contributed by atoms with Gasteiger partial charge in [-0.05, 0) is 43.9 Å². The lowest BCUT2D eigenvalue weighted by molar-refractivity contribution is 0.132. The quantitative estimate of drug-likeness (QED) is 0.769. The van der Waals surface area contributed by atoms with Crippen LogP contribution in [0.15, 0.2) is 41.6 Å². The van der Waals surface area contributed by atoms with Gasteiger partial charge in [-0.15, -0.1) is 0 Å². The summed E-state index contributed by atoms with van der Waals surface area (Å²) in [6, 6.07) is 6.57. The van der Waals surface area contributed by atoms with Gasteiger partial charge in [0.15, 0.2) is 0 Å². The fraction of sp³-hybridized carbons (Fsp3) is 0.444. The number of hydrogen-bond donors (Lipinski definition) is 1. The lowest BCUT2D eigenvalue weighted by Gasteiger charge is -2.28. The highest BCUT2D eigenvalue weighted by Gasteiger charge is 2.28. The summed E-state index contributed by atoms with van der Waals surface area (Å²) in [5.41, 5.74) is 0. The van der Waals surface area contributed by atoms with E-state index in [-0.39, 0.29) is 22.8 Å². The summed E-state index contributed by atoms with van der Waals surface area (Å²) in [5, 5.41) is 0. The Hall–Kier alpha value is -2.39. The molecule has 1 aliphatic carbocycles. The maximum Gasteiger partial charge on any atom is 0.316 e. The minimum Gasteiger partial charge on any atom is -0.497 e. The Bertz CT molecular complexity index is 853. The van der Waals surface area contributed by atoms with Crippen LogP contribution in [-0.2, 0) is 10.0 Å². The van der Waals surface area contributed by atoms with E-state index in [2.05, 4.69) is 14.7 Å². The van der Waals surface area contributed by atoms with Crippen LogP contribution in [0.3, 0.4) is 0 Å². The first-order chi connectivity index (χ1) is 13.0. The van der Waals surface area contributed by atoms with Crippen molar-refractivity contribution >= 4 is 10.0 Å². The van der Waals surface area contributed by atoms with Crippen molar-refractivity contribution in [2.75, 3.05) is 14.2 Å². The Labute approximate surface area is 158 Å². The summed E-state index contributed by atoms with van der Waals surface area (Å²) in [6.45, 7) is 0. The topological polar surface area (TPSA) is 99.6 Å². The minimum atomic E-state index is -3.70. The average molecular weight is 393 g/mol. The zero-order valence-corrected chi connectivity index (χ0v) is 16.1. The highest BCUT2D eigenvalue weighted by molar-refractivity contribution is 7.89.